The quantitative estimate of drug-likeness (QED) is 0.494. The van der Waals surface area contributed by atoms with Crippen LogP contribution < -0.4 is 14.4 Å². The van der Waals surface area contributed by atoms with E-state index in [1.807, 2.05) is 33.2 Å². The van der Waals surface area contributed by atoms with Gasteiger partial charge in [0, 0.05) is 6.07 Å². The van der Waals surface area contributed by atoms with Crippen molar-refractivity contribution in [2.24, 2.45) is 0 Å². The van der Waals surface area contributed by atoms with Gasteiger partial charge in [0.25, 0.3) is 0 Å². The highest BCUT2D eigenvalue weighted by Gasteiger charge is 2.22. The van der Waals surface area contributed by atoms with Crippen LogP contribution in [0.25, 0.3) is 0 Å². The van der Waals surface area contributed by atoms with E-state index in [-0.39, 0.29) is 17.2 Å². The lowest BCUT2D eigenvalue weighted by Crippen LogP contribution is -3.06. The predicted octanol–water partition coefficient (Wildman–Crippen LogP) is 1.37. The van der Waals surface area contributed by atoms with Crippen molar-refractivity contribution in [2.75, 3.05) is 27.2 Å². The molecular weight excluding hydrogens is 370 g/mol. The highest BCUT2D eigenvalue weighted by molar-refractivity contribution is 7.89. The van der Waals surface area contributed by atoms with Crippen molar-refractivity contribution in [3.05, 3.63) is 58.1 Å². The van der Waals surface area contributed by atoms with E-state index in [1.165, 1.54) is 12.1 Å². The Balaban J connectivity index is 2.26. The Kier molecular flexibility index (Phi) is 6.89. The SMILES string of the molecule is CCc1ccc(Oc2ccc(S(=O)(=O)NCC[NH+](C)C)cc2[N+](=O)[O-])cc1. The van der Waals surface area contributed by atoms with Crippen LogP contribution in [-0.4, -0.2) is 40.5 Å². The third-order valence-electron chi connectivity index (χ3n) is 3.91. The van der Waals surface area contributed by atoms with Crippen molar-refractivity contribution in [1.82, 2.24) is 4.72 Å². The molecule has 8 nitrogen and oxygen atoms in total. The lowest BCUT2D eigenvalue weighted by Gasteiger charge is -2.11. The number of sulfonamides is 1. The molecule has 0 aliphatic heterocycles. The van der Waals surface area contributed by atoms with Gasteiger partial charge in [0.1, 0.15) is 5.75 Å². The maximum atomic E-state index is 12.3. The summed E-state index contributed by atoms with van der Waals surface area (Å²) in [7, 11) is -0.0317. The third kappa shape index (κ3) is 5.75. The molecule has 0 spiro atoms. The Morgan fingerprint density at radius 1 is 1.15 bits per heavy atom. The first kappa shape index (κ1) is 20.8. The molecule has 146 valence electrons. The van der Waals surface area contributed by atoms with Crippen LogP contribution in [0.3, 0.4) is 0 Å². The number of nitro groups is 1. The first-order chi connectivity index (χ1) is 12.7. The van der Waals surface area contributed by atoms with Crippen molar-refractivity contribution >= 4 is 15.7 Å². The Morgan fingerprint density at radius 3 is 2.37 bits per heavy atom. The van der Waals surface area contributed by atoms with E-state index in [9.17, 15) is 18.5 Å². The zero-order chi connectivity index (χ0) is 20.0. The van der Waals surface area contributed by atoms with Gasteiger partial charge >= 0.3 is 5.69 Å². The normalized spacial score (nSPS) is 11.6. The van der Waals surface area contributed by atoms with Crippen LogP contribution >= 0.6 is 0 Å². The predicted molar refractivity (Wildman–Crippen MR) is 102 cm³/mol. The van der Waals surface area contributed by atoms with E-state index in [2.05, 4.69) is 4.72 Å². The number of aryl methyl sites for hydroxylation is 1. The minimum absolute atomic E-state index is 0.0130. The molecule has 0 radical (unpaired) electrons. The van der Waals surface area contributed by atoms with Gasteiger partial charge in [-0.05, 0) is 36.2 Å². The molecule has 0 heterocycles. The van der Waals surface area contributed by atoms with Gasteiger partial charge < -0.3 is 9.64 Å². The second-order valence-corrected chi connectivity index (χ2v) is 8.11. The molecule has 0 bridgehead atoms. The zero-order valence-electron chi connectivity index (χ0n) is 15.6. The number of likely N-dealkylation sites (N-methyl/N-ethyl adjacent to an activating group) is 1. The van der Waals surface area contributed by atoms with Crippen LogP contribution in [0.4, 0.5) is 5.69 Å². The van der Waals surface area contributed by atoms with Crippen LogP contribution in [0.5, 0.6) is 11.5 Å². The molecule has 0 fully saturated rings. The Morgan fingerprint density at radius 2 is 1.81 bits per heavy atom. The fraction of sp³-hybridized carbons (Fsp3) is 0.333. The summed E-state index contributed by atoms with van der Waals surface area (Å²) in [4.78, 5) is 11.7. The summed E-state index contributed by atoms with van der Waals surface area (Å²) >= 11 is 0. The summed E-state index contributed by atoms with van der Waals surface area (Å²) in [6.07, 6.45) is 0.870. The summed E-state index contributed by atoms with van der Waals surface area (Å²) < 4.78 is 32.7. The monoisotopic (exact) mass is 394 g/mol. The number of nitro benzene ring substituents is 1. The highest BCUT2D eigenvalue weighted by atomic mass is 32.2. The number of ether oxygens (including phenoxy) is 1. The number of hydrogen-bond acceptors (Lipinski definition) is 5. The van der Waals surface area contributed by atoms with Crippen LogP contribution in [0.1, 0.15) is 12.5 Å². The van der Waals surface area contributed by atoms with E-state index in [0.29, 0.717) is 12.3 Å². The first-order valence-corrected chi connectivity index (χ1v) is 10.0. The maximum absolute atomic E-state index is 12.3. The van der Waals surface area contributed by atoms with Crippen molar-refractivity contribution in [2.45, 2.75) is 18.2 Å². The Hall–Kier alpha value is -2.49. The lowest BCUT2D eigenvalue weighted by atomic mass is 10.2. The average Bonchev–Trinajstić information content (AvgIpc) is 2.62. The second-order valence-electron chi connectivity index (χ2n) is 6.34. The van der Waals surface area contributed by atoms with Gasteiger partial charge in [-0.25, -0.2) is 13.1 Å². The fourth-order valence-electron chi connectivity index (χ4n) is 2.33. The van der Waals surface area contributed by atoms with Crippen molar-refractivity contribution in [3.8, 4) is 11.5 Å². The van der Waals surface area contributed by atoms with Gasteiger partial charge in [-0.1, -0.05) is 19.1 Å². The van der Waals surface area contributed by atoms with Crippen molar-refractivity contribution < 1.29 is 23.0 Å². The van der Waals surface area contributed by atoms with Crippen LogP contribution in [0, 0.1) is 10.1 Å². The van der Waals surface area contributed by atoms with Crippen LogP contribution in [0.15, 0.2) is 47.4 Å². The summed E-state index contributed by atoms with van der Waals surface area (Å²) in [5.41, 5.74) is 0.708. The molecule has 9 heteroatoms. The molecule has 0 aliphatic rings. The largest absolute Gasteiger partial charge is 0.450 e. The highest BCUT2D eigenvalue weighted by Crippen LogP contribution is 2.33. The molecular formula is C18H24N3O5S+. The first-order valence-electron chi connectivity index (χ1n) is 8.57. The van der Waals surface area contributed by atoms with E-state index in [4.69, 9.17) is 4.74 Å². The van der Waals surface area contributed by atoms with Gasteiger partial charge in [-0.2, -0.15) is 0 Å². The number of nitrogens with zero attached hydrogens (tertiary/aromatic N) is 1. The lowest BCUT2D eigenvalue weighted by molar-refractivity contribution is -0.856. The topological polar surface area (TPSA) is 103 Å². The molecule has 2 N–H and O–H groups in total. The molecule has 0 unspecified atom stereocenters. The molecule has 2 aromatic carbocycles. The van der Waals surface area contributed by atoms with E-state index < -0.39 is 20.6 Å². The third-order valence-corrected chi connectivity index (χ3v) is 5.37. The summed E-state index contributed by atoms with van der Waals surface area (Å²) in [6, 6.07) is 10.8. The Bertz CT molecular complexity index is 896. The fourth-order valence-corrected chi connectivity index (χ4v) is 3.38. The smallest absolute Gasteiger partial charge is 0.312 e. The molecule has 0 aliphatic carbocycles. The van der Waals surface area contributed by atoms with Crippen LogP contribution in [0.2, 0.25) is 0 Å². The van der Waals surface area contributed by atoms with Gasteiger partial charge in [0.15, 0.2) is 0 Å². The summed E-state index contributed by atoms with van der Waals surface area (Å²) in [6.45, 7) is 2.85. The summed E-state index contributed by atoms with van der Waals surface area (Å²) in [5, 5.41) is 11.4. The average molecular weight is 394 g/mol. The maximum Gasteiger partial charge on any atom is 0.312 e. The number of benzene rings is 2. The molecule has 0 atom stereocenters. The number of hydrogen-bond donors (Lipinski definition) is 2. The molecule has 0 amide bonds. The summed E-state index contributed by atoms with van der Waals surface area (Å²) in [5.74, 6) is 0.430. The number of rotatable bonds is 9. The minimum atomic E-state index is -3.83. The standard InChI is InChI=1S/C18H23N3O5S/c1-4-14-5-7-15(8-6-14)26-18-10-9-16(13-17(18)21(22)23)27(24,25)19-11-12-20(2)3/h5-10,13,19H,4,11-12H2,1-3H3/p+1. The zero-order valence-corrected chi connectivity index (χ0v) is 16.4. The van der Waals surface area contributed by atoms with Gasteiger partial charge in [-0.3, -0.25) is 10.1 Å². The number of nitrogens with one attached hydrogen (secondary N) is 2. The van der Waals surface area contributed by atoms with Crippen molar-refractivity contribution in [3.63, 3.8) is 0 Å². The van der Waals surface area contributed by atoms with Crippen molar-refractivity contribution in [1.29, 1.82) is 0 Å². The van der Waals surface area contributed by atoms with Gasteiger partial charge in [0.05, 0.1) is 37.0 Å². The second kappa shape index (κ2) is 8.94. The van der Waals surface area contributed by atoms with Gasteiger partial charge in [-0.15, -0.1) is 0 Å². The molecule has 0 aromatic heterocycles. The molecule has 2 aromatic rings. The van der Waals surface area contributed by atoms with Gasteiger partial charge in [0.2, 0.25) is 15.8 Å². The Labute approximate surface area is 159 Å². The minimum Gasteiger partial charge on any atom is -0.450 e. The van der Waals surface area contributed by atoms with Crippen LogP contribution in [-0.2, 0) is 16.4 Å². The molecule has 2 rings (SSSR count). The van der Waals surface area contributed by atoms with E-state index in [0.717, 1.165) is 23.0 Å². The van der Waals surface area contributed by atoms with E-state index in [1.54, 1.807) is 12.1 Å². The molecule has 0 saturated carbocycles. The molecule has 0 saturated heterocycles. The van der Waals surface area contributed by atoms with E-state index >= 15 is 0 Å². The number of quaternary nitrogens is 1. The molecule has 27 heavy (non-hydrogen) atoms.